The van der Waals surface area contributed by atoms with E-state index in [9.17, 15) is 8.42 Å². The fraction of sp³-hybridized carbons (Fsp3) is 1.00. The predicted molar refractivity (Wildman–Crippen MR) is 60.7 cm³/mol. The molecule has 0 aliphatic carbocycles. The molecule has 0 saturated carbocycles. The van der Waals surface area contributed by atoms with Crippen molar-refractivity contribution in [2.75, 3.05) is 24.6 Å². The highest BCUT2D eigenvalue weighted by Crippen LogP contribution is 2.14. The van der Waals surface area contributed by atoms with Crippen LogP contribution in [0.5, 0.6) is 0 Å². The van der Waals surface area contributed by atoms with Crippen molar-refractivity contribution < 1.29 is 8.42 Å². The van der Waals surface area contributed by atoms with E-state index in [-0.39, 0.29) is 0 Å². The van der Waals surface area contributed by atoms with Gasteiger partial charge in [-0.1, -0.05) is 0 Å². The van der Waals surface area contributed by atoms with Crippen LogP contribution >= 0.6 is 0 Å². The Morgan fingerprint density at radius 2 is 1.47 bits per heavy atom. The summed E-state index contributed by atoms with van der Waals surface area (Å²) < 4.78 is 22.5. The van der Waals surface area contributed by atoms with Crippen LogP contribution < -0.4 is 10.6 Å². The van der Waals surface area contributed by atoms with Crippen molar-refractivity contribution in [3.63, 3.8) is 0 Å². The second-order valence-electron chi connectivity index (χ2n) is 4.62. The highest BCUT2D eigenvalue weighted by atomic mass is 32.2. The maximum atomic E-state index is 11.3. The number of rotatable bonds is 2. The third kappa shape index (κ3) is 3.43. The lowest BCUT2D eigenvalue weighted by Gasteiger charge is -2.30. The molecule has 0 aromatic heterocycles. The molecule has 2 aliphatic rings. The minimum absolute atomic E-state index is 0.371. The molecule has 0 unspecified atom stereocenters. The molecular weight excluding hydrogens is 212 g/mol. The number of nitrogens with one attached hydrogen (secondary N) is 2. The lowest BCUT2D eigenvalue weighted by atomic mass is 10.0. The Balaban J connectivity index is 1.76. The zero-order valence-corrected chi connectivity index (χ0v) is 9.85. The summed E-state index contributed by atoms with van der Waals surface area (Å²) in [6, 6.07) is 1.02. The molecule has 2 rings (SSSR count). The summed E-state index contributed by atoms with van der Waals surface area (Å²) in [5, 5.41) is 6.92. The Bertz CT molecular complexity index is 283. The largest absolute Gasteiger partial charge is 0.317 e. The summed E-state index contributed by atoms with van der Waals surface area (Å²) in [5.74, 6) is 0.741. The molecule has 2 fully saturated rings. The van der Waals surface area contributed by atoms with Crippen LogP contribution in [0.25, 0.3) is 0 Å². The lowest BCUT2D eigenvalue weighted by Crippen LogP contribution is -2.47. The first kappa shape index (κ1) is 11.4. The average molecular weight is 232 g/mol. The first-order valence-corrected chi connectivity index (χ1v) is 7.65. The maximum Gasteiger partial charge on any atom is 0.150 e. The third-order valence-electron chi connectivity index (χ3n) is 3.37. The molecule has 0 radical (unpaired) electrons. The normalized spacial score (nSPS) is 29.1. The van der Waals surface area contributed by atoms with Crippen LogP contribution in [0.4, 0.5) is 0 Å². The van der Waals surface area contributed by atoms with Crippen LogP contribution in [0.1, 0.15) is 25.7 Å². The molecule has 0 aromatic rings. The quantitative estimate of drug-likeness (QED) is 0.698. The van der Waals surface area contributed by atoms with Gasteiger partial charge in [-0.25, -0.2) is 8.42 Å². The van der Waals surface area contributed by atoms with Crippen LogP contribution in [-0.4, -0.2) is 45.1 Å². The molecule has 0 atom stereocenters. The minimum atomic E-state index is -2.71. The van der Waals surface area contributed by atoms with Crippen LogP contribution in [0, 0.1) is 0 Å². The SMILES string of the molecule is O=S1(=O)CCC(NC2CCNCC2)CC1. The van der Waals surface area contributed by atoms with Gasteiger partial charge in [0.1, 0.15) is 9.84 Å². The van der Waals surface area contributed by atoms with Gasteiger partial charge in [0.15, 0.2) is 0 Å². The summed E-state index contributed by atoms with van der Waals surface area (Å²) in [6.07, 6.45) is 3.94. The maximum absolute atomic E-state index is 11.3. The fourth-order valence-corrected chi connectivity index (χ4v) is 3.87. The van der Waals surface area contributed by atoms with Gasteiger partial charge in [-0.3, -0.25) is 0 Å². The van der Waals surface area contributed by atoms with Gasteiger partial charge in [-0.15, -0.1) is 0 Å². The molecule has 4 nitrogen and oxygen atoms in total. The molecule has 15 heavy (non-hydrogen) atoms. The van der Waals surface area contributed by atoms with Crippen LogP contribution in [-0.2, 0) is 9.84 Å². The zero-order valence-electron chi connectivity index (χ0n) is 9.04. The van der Waals surface area contributed by atoms with Gasteiger partial charge in [0.25, 0.3) is 0 Å². The van der Waals surface area contributed by atoms with Crippen molar-refractivity contribution in [2.45, 2.75) is 37.8 Å². The van der Waals surface area contributed by atoms with Gasteiger partial charge in [0, 0.05) is 12.1 Å². The van der Waals surface area contributed by atoms with Gasteiger partial charge < -0.3 is 10.6 Å². The Labute approximate surface area is 91.7 Å². The molecular formula is C10H20N2O2S. The minimum Gasteiger partial charge on any atom is -0.317 e. The molecule has 5 heteroatoms. The van der Waals surface area contributed by atoms with Crippen LogP contribution in [0.3, 0.4) is 0 Å². The monoisotopic (exact) mass is 232 g/mol. The summed E-state index contributed by atoms with van der Waals surface area (Å²) in [7, 11) is -2.71. The lowest BCUT2D eigenvalue weighted by molar-refractivity contribution is 0.334. The van der Waals surface area contributed by atoms with E-state index in [1.54, 1.807) is 0 Å². The molecule has 0 bridgehead atoms. The van der Waals surface area contributed by atoms with Crippen molar-refractivity contribution in [1.82, 2.24) is 10.6 Å². The van der Waals surface area contributed by atoms with Crippen LogP contribution in [0.15, 0.2) is 0 Å². The second kappa shape index (κ2) is 4.80. The topological polar surface area (TPSA) is 58.2 Å². The van der Waals surface area contributed by atoms with Gasteiger partial charge >= 0.3 is 0 Å². The van der Waals surface area contributed by atoms with E-state index in [2.05, 4.69) is 10.6 Å². The van der Waals surface area contributed by atoms with E-state index in [0.29, 0.717) is 23.6 Å². The van der Waals surface area contributed by atoms with Crippen LogP contribution in [0.2, 0.25) is 0 Å². The van der Waals surface area contributed by atoms with E-state index in [1.807, 2.05) is 0 Å². The summed E-state index contributed by atoms with van der Waals surface area (Å²) in [5.41, 5.74) is 0. The summed E-state index contributed by atoms with van der Waals surface area (Å²) in [6.45, 7) is 2.17. The average Bonchev–Trinajstić information content (AvgIpc) is 2.23. The number of sulfone groups is 1. The second-order valence-corrected chi connectivity index (χ2v) is 6.92. The number of hydrogen-bond acceptors (Lipinski definition) is 4. The van der Waals surface area contributed by atoms with Gasteiger partial charge in [0.05, 0.1) is 11.5 Å². The third-order valence-corrected chi connectivity index (χ3v) is 5.08. The number of hydrogen-bond donors (Lipinski definition) is 2. The van der Waals surface area contributed by atoms with Crippen molar-refractivity contribution >= 4 is 9.84 Å². The Hall–Kier alpha value is -0.130. The van der Waals surface area contributed by atoms with Gasteiger partial charge in [-0.2, -0.15) is 0 Å². The standard InChI is InChI=1S/C10H20N2O2S/c13-15(14)7-3-10(4-8-15)12-9-1-5-11-6-2-9/h9-12H,1-8H2. The summed E-state index contributed by atoms with van der Waals surface area (Å²) >= 11 is 0. The molecule has 0 aromatic carbocycles. The molecule has 2 aliphatic heterocycles. The van der Waals surface area contributed by atoms with E-state index in [4.69, 9.17) is 0 Å². The highest BCUT2D eigenvalue weighted by Gasteiger charge is 2.25. The molecule has 0 amide bonds. The Kier molecular flexibility index (Phi) is 3.64. The summed E-state index contributed by atoms with van der Waals surface area (Å²) in [4.78, 5) is 0. The molecule has 0 spiro atoms. The number of piperidine rings is 1. The zero-order chi connectivity index (χ0) is 10.7. The molecule has 2 heterocycles. The van der Waals surface area contributed by atoms with Crippen molar-refractivity contribution in [3.8, 4) is 0 Å². The van der Waals surface area contributed by atoms with E-state index in [0.717, 1.165) is 25.9 Å². The smallest absolute Gasteiger partial charge is 0.150 e. The van der Waals surface area contributed by atoms with E-state index < -0.39 is 9.84 Å². The predicted octanol–water partition coefficient (Wildman–Crippen LogP) is -0.0948. The first-order chi connectivity index (χ1) is 7.16. The Morgan fingerprint density at radius 3 is 2.07 bits per heavy atom. The molecule has 2 N–H and O–H groups in total. The Morgan fingerprint density at radius 1 is 0.933 bits per heavy atom. The van der Waals surface area contributed by atoms with E-state index in [1.165, 1.54) is 12.8 Å². The van der Waals surface area contributed by atoms with Crippen molar-refractivity contribution in [2.24, 2.45) is 0 Å². The van der Waals surface area contributed by atoms with Crippen molar-refractivity contribution in [3.05, 3.63) is 0 Å². The van der Waals surface area contributed by atoms with Gasteiger partial charge in [0.2, 0.25) is 0 Å². The first-order valence-electron chi connectivity index (χ1n) is 5.83. The van der Waals surface area contributed by atoms with Gasteiger partial charge in [-0.05, 0) is 38.8 Å². The molecule has 88 valence electrons. The molecule has 2 saturated heterocycles. The van der Waals surface area contributed by atoms with Crippen molar-refractivity contribution in [1.29, 1.82) is 0 Å². The highest BCUT2D eigenvalue weighted by molar-refractivity contribution is 7.91. The van der Waals surface area contributed by atoms with E-state index >= 15 is 0 Å². The fourth-order valence-electron chi connectivity index (χ4n) is 2.38.